The average molecular weight is 363 g/mol. The number of aromatic nitrogens is 2. The molecule has 2 bridgehead atoms. The lowest BCUT2D eigenvalue weighted by atomic mass is 9.62. The third-order valence-corrected chi connectivity index (χ3v) is 5.70. The molecule has 1 aliphatic heterocycles. The number of carbonyl (C=O) groups excluding carboxylic acids is 1. The summed E-state index contributed by atoms with van der Waals surface area (Å²) in [5.74, 6) is 2.25. The van der Waals surface area contributed by atoms with Crippen LogP contribution in [0, 0.1) is 17.8 Å². The van der Waals surface area contributed by atoms with E-state index in [1.807, 2.05) is 35.9 Å². The molecule has 2 aromatic heterocycles. The predicted molar refractivity (Wildman–Crippen MR) is 87.4 cm³/mol. The van der Waals surface area contributed by atoms with Crippen LogP contribution in [0.3, 0.4) is 0 Å². The van der Waals surface area contributed by atoms with Gasteiger partial charge in [0.15, 0.2) is 0 Å². The molecular weight excluding hydrogens is 344 g/mol. The van der Waals surface area contributed by atoms with Crippen molar-refractivity contribution in [1.29, 1.82) is 0 Å². The van der Waals surface area contributed by atoms with E-state index < -0.39 is 0 Å². The maximum absolute atomic E-state index is 12.6. The molecule has 116 valence electrons. The second-order valence-electron chi connectivity index (χ2n) is 6.40. The van der Waals surface area contributed by atoms with Crippen molar-refractivity contribution in [2.24, 2.45) is 17.8 Å². The lowest BCUT2D eigenvalue weighted by Gasteiger charge is -2.48. The van der Waals surface area contributed by atoms with Crippen molar-refractivity contribution in [2.75, 3.05) is 13.1 Å². The van der Waals surface area contributed by atoms with Gasteiger partial charge in [-0.25, -0.2) is 4.98 Å². The first-order valence-corrected chi connectivity index (χ1v) is 8.57. The number of nitrogens with one attached hydrogen (secondary N) is 2. The molecule has 6 heteroatoms. The van der Waals surface area contributed by atoms with Crippen LogP contribution in [0.15, 0.2) is 29.0 Å². The molecule has 4 rings (SSSR count). The van der Waals surface area contributed by atoms with Crippen LogP contribution in [0.25, 0.3) is 5.52 Å². The number of pyridine rings is 1. The Kier molecular flexibility index (Phi) is 3.46. The quantitative estimate of drug-likeness (QED) is 0.879. The van der Waals surface area contributed by atoms with E-state index in [4.69, 9.17) is 0 Å². The van der Waals surface area contributed by atoms with E-state index in [2.05, 4.69) is 31.5 Å². The van der Waals surface area contributed by atoms with Crippen LogP contribution < -0.4 is 10.6 Å². The van der Waals surface area contributed by atoms with Crippen molar-refractivity contribution in [2.45, 2.75) is 19.4 Å². The molecule has 5 nitrogen and oxygen atoms in total. The maximum atomic E-state index is 12.6. The normalized spacial score (nSPS) is 28.2. The van der Waals surface area contributed by atoms with Gasteiger partial charge < -0.3 is 15.0 Å². The number of piperidine rings is 2. The lowest BCUT2D eigenvalue weighted by Crippen LogP contribution is -2.58. The summed E-state index contributed by atoms with van der Waals surface area (Å²) < 4.78 is 3.03. The van der Waals surface area contributed by atoms with Crippen LogP contribution in [0.5, 0.6) is 0 Å². The molecule has 2 aromatic rings. The summed E-state index contributed by atoms with van der Waals surface area (Å²) in [6, 6.07) is 3.87. The van der Waals surface area contributed by atoms with Crippen LogP contribution >= 0.6 is 15.9 Å². The van der Waals surface area contributed by atoms with Crippen LogP contribution in [0.4, 0.5) is 0 Å². The zero-order chi connectivity index (χ0) is 15.3. The molecule has 2 N–H and O–H groups in total. The molecule has 1 unspecified atom stereocenters. The highest BCUT2D eigenvalue weighted by Crippen LogP contribution is 2.42. The number of amides is 1. The molecule has 2 fully saturated rings. The van der Waals surface area contributed by atoms with Gasteiger partial charge in [-0.3, -0.25) is 4.79 Å². The molecule has 0 spiro atoms. The van der Waals surface area contributed by atoms with Crippen LogP contribution in [0.2, 0.25) is 0 Å². The Morgan fingerprint density at radius 3 is 3.00 bits per heavy atom. The van der Waals surface area contributed by atoms with Gasteiger partial charge in [-0.15, -0.1) is 0 Å². The molecule has 0 aromatic carbocycles. The Bertz CT molecular complexity index is 714. The van der Waals surface area contributed by atoms with E-state index in [-0.39, 0.29) is 17.9 Å². The van der Waals surface area contributed by atoms with Crippen molar-refractivity contribution in [3.63, 3.8) is 0 Å². The number of hydrogen-bond donors (Lipinski definition) is 2. The number of carbonyl (C=O) groups is 1. The Labute approximate surface area is 137 Å². The van der Waals surface area contributed by atoms with Gasteiger partial charge in [-0.1, -0.05) is 0 Å². The van der Waals surface area contributed by atoms with Gasteiger partial charge in [0.25, 0.3) is 0 Å². The van der Waals surface area contributed by atoms with Crippen molar-refractivity contribution in [3.05, 3.63) is 34.8 Å². The second-order valence-corrected chi connectivity index (χ2v) is 7.25. The van der Waals surface area contributed by atoms with Crippen molar-refractivity contribution < 1.29 is 4.79 Å². The Morgan fingerprint density at radius 2 is 2.27 bits per heavy atom. The van der Waals surface area contributed by atoms with E-state index in [0.29, 0.717) is 11.8 Å². The molecule has 1 aliphatic carbocycles. The summed E-state index contributed by atoms with van der Waals surface area (Å²) in [5, 5.41) is 6.54. The summed E-state index contributed by atoms with van der Waals surface area (Å²) in [5.41, 5.74) is 1.02. The molecule has 0 radical (unpaired) electrons. The monoisotopic (exact) mass is 362 g/mol. The van der Waals surface area contributed by atoms with Gasteiger partial charge in [0, 0.05) is 16.6 Å². The van der Waals surface area contributed by atoms with E-state index in [0.717, 1.165) is 28.9 Å². The lowest BCUT2D eigenvalue weighted by molar-refractivity contribution is -0.137. The minimum Gasteiger partial charge on any atom is -0.346 e. The molecular formula is C16H19BrN4O. The SMILES string of the molecule is C[C@@H](NC(=O)C1[C@@H]2CNC[C@H]1C2)c1ncc2c(Br)cccn12. The highest BCUT2D eigenvalue weighted by Gasteiger charge is 2.47. The first-order chi connectivity index (χ1) is 10.6. The number of imidazole rings is 1. The third kappa shape index (κ3) is 2.16. The van der Waals surface area contributed by atoms with Gasteiger partial charge in [-0.05, 0) is 66.3 Å². The molecule has 4 atom stereocenters. The van der Waals surface area contributed by atoms with Gasteiger partial charge in [0.05, 0.1) is 17.8 Å². The standard InChI is InChI=1S/C16H19BrN4O/c1-9(15-19-8-13-12(17)3-2-4-21(13)15)20-16(22)14-10-5-11(14)7-18-6-10/h2-4,8-11,14,18H,5-7H2,1H3,(H,20,22)/t9-,10-,11+,14?/m1/s1. The van der Waals surface area contributed by atoms with Gasteiger partial charge in [0.2, 0.25) is 5.91 Å². The molecule has 2 aliphatic rings. The average Bonchev–Trinajstić information content (AvgIpc) is 2.93. The highest BCUT2D eigenvalue weighted by atomic mass is 79.9. The zero-order valence-electron chi connectivity index (χ0n) is 12.4. The molecule has 1 saturated heterocycles. The number of halogens is 1. The minimum absolute atomic E-state index is 0.0985. The first-order valence-electron chi connectivity index (χ1n) is 7.77. The smallest absolute Gasteiger partial charge is 0.224 e. The molecule has 1 amide bonds. The molecule has 1 saturated carbocycles. The number of rotatable bonds is 3. The fourth-order valence-corrected chi connectivity index (χ4v) is 4.32. The van der Waals surface area contributed by atoms with E-state index in [1.165, 1.54) is 6.42 Å². The van der Waals surface area contributed by atoms with Crippen LogP contribution in [-0.2, 0) is 4.79 Å². The van der Waals surface area contributed by atoms with E-state index in [1.54, 1.807) is 0 Å². The van der Waals surface area contributed by atoms with Crippen LogP contribution in [0.1, 0.15) is 25.2 Å². The largest absolute Gasteiger partial charge is 0.346 e. The minimum atomic E-state index is -0.0985. The summed E-state index contributed by atoms with van der Waals surface area (Å²) in [6.07, 6.45) is 5.01. The number of fused-ring (bicyclic) bond motifs is 3. The zero-order valence-corrected chi connectivity index (χ0v) is 14.0. The first kappa shape index (κ1) is 14.2. The predicted octanol–water partition coefficient (Wildman–Crippen LogP) is 2.13. The maximum Gasteiger partial charge on any atom is 0.224 e. The van der Waals surface area contributed by atoms with E-state index >= 15 is 0 Å². The van der Waals surface area contributed by atoms with E-state index in [9.17, 15) is 4.79 Å². The summed E-state index contributed by atoms with van der Waals surface area (Å²) >= 11 is 3.53. The Balaban J connectivity index is 1.53. The third-order valence-electron chi connectivity index (χ3n) is 5.03. The molecule has 22 heavy (non-hydrogen) atoms. The van der Waals surface area contributed by atoms with Crippen molar-refractivity contribution >= 4 is 27.4 Å². The fourth-order valence-electron chi connectivity index (χ4n) is 3.88. The van der Waals surface area contributed by atoms with Gasteiger partial charge in [-0.2, -0.15) is 0 Å². The number of nitrogens with zero attached hydrogens (tertiary/aromatic N) is 2. The summed E-state index contributed by atoms with van der Waals surface area (Å²) in [7, 11) is 0. The summed E-state index contributed by atoms with van der Waals surface area (Å²) in [4.78, 5) is 17.1. The summed E-state index contributed by atoms with van der Waals surface area (Å²) in [6.45, 7) is 3.95. The van der Waals surface area contributed by atoms with Crippen molar-refractivity contribution in [1.82, 2.24) is 20.0 Å². The van der Waals surface area contributed by atoms with Crippen molar-refractivity contribution in [3.8, 4) is 0 Å². The van der Waals surface area contributed by atoms with Gasteiger partial charge in [0.1, 0.15) is 5.82 Å². The second kappa shape index (κ2) is 5.35. The fraction of sp³-hybridized carbons (Fsp3) is 0.500. The topological polar surface area (TPSA) is 58.4 Å². The Morgan fingerprint density at radius 1 is 1.50 bits per heavy atom. The Hall–Kier alpha value is -1.40. The van der Waals surface area contributed by atoms with Gasteiger partial charge >= 0.3 is 0 Å². The highest BCUT2D eigenvalue weighted by molar-refractivity contribution is 9.10. The van der Waals surface area contributed by atoms with Crippen LogP contribution in [-0.4, -0.2) is 28.4 Å². The number of hydrogen-bond acceptors (Lipinski definition) is 3. The molecule has 3 heterocycles.